The molecular weight excluding hydrogens is 349 g/mol. The highest BCUT2D eigenvalue weighted by molar-refractivity contribution is 4.80. The third kappa shape index (κ3) is 8.75. The molecule has 2 rings (SSSR count). The topological polar surface area (TPSA) is 9.23 Å². The van der Waals surface area contributed by atoms with Crippen LogP contribution in [0.15, 0.2) is 0 Å². The van der Waals surface area contributed by atoms with Crippen LogP contribution in [0.1, 0.15) is 110 Å². The highest BCUT2D eigenvalue weighted by Crippen LogP contribution is 2.41. The number of ether oxygens (including phenoxy) is 1. The molecule has 0 radical (unpaired) electrons. The molecule has 0 saturated heterocycles. The lowest BCUT2D eigenvalue weighted by Gasteiger charge is -2.36. The Kier molecular flexibility index (Phi) is 10.5. The molecule has 2 aliphatic carbocycles. The quantitative estimate of drug-likeness (QED) is 0.324. The minimum Gasteiger partial charge on any atom is -0.369 e. The van der Waals surface area contributed by atoms with Gasteiger partial charge >= 0.3 is 6.18 Å². The molecule has 1 unspecified atom stereocenters. The van der Waals surface area contributed by atoms with E-state index in [9.17, 15) is 13.2 Å². The second kappa shape index (κ2) is 12.3. The van der Waals surface area contributed by atoms with Crippen LogP contribution in [0.2, 0.25) is 0 Å². The summed E-state index contributed by atoms with van der Waals surface area (Å²) in [5.41, 5.74) is 0. The molecule has 1 atom stereocenters. The summed E-state index contributed by atoms with van der Waals surface area (Å²) in [7, 11) is 0. The SMILES string of the molecule is CCCCCCOC(CCC[C@H]1CC[C@H](C2CCCCC2)CC1)C(F)(F)F. The highest BCUT2D eigenvalue weighted by atomic mass is 19.4. The van der Waals surface area contributed by atoms with Crippen LogP contribution in [0.25, 0.3) is 0 Å². The number of hydrogen-bond acceptors (Lipinski definition) is 1. The maximum atomic E-state index is 13.2. The van der Waals surface area contributed by atoms with E-state index in [2.05, 4.69) is 6.92 Å². The van der Waals surface area contributed by atoms with Gasteiger partial charge in [0.1, 0.15) is 0 Å². The lowest BCUT2D eigenvalue weighted by molar-refractivity contribution is -0.222. The van der Waals surface area contributed by atoms with Gasteiger partial charge in [-0.25, -0.2) is 0 Å². The average molecular weight is 391 g/mol. The van der Waals surface area contributed by atoms with Crippen LogP contribution in [0.3, 0.4) is 0 Å². The first-order valence-corrected chi connectivity index (χ1v) is 11.7. The first kappa shape index (κ1) is 23.0. The summed E-state index contributed by atoms with van der Waals surface area (Å²) < 4.78 is 44.8. The molecule has 0 spiro atoms. The Hall–Kier alpha value is -0.250. The Morgan fingerprint density at radius 3 is 2.11 bits per heavy atom. The second-order valence-corrected chi connectivity index (χ2v) is 9.07. The Morgan fingerprint density at radius 2 is 1.48 bits per heavy atom. The fourth-order valence-electron chi connectivity index (χ4n) is 5.24. The van der Waals surface area contributed by atoms with Crippen molar-refractivity contribution < 1.29 is 17.9 Å². The number of halogens is 3. The van der Waals surface area contributed by atoms with Gasteiger partial charge in [0.05, 0.1) is 0 Å². The minimum absolute atomic E-state index is 0.139. The van der Waals surface area contributed by atoms with Crippen molar-refractivity contribution in [3.8, 4) is 0 Å². The van der Waals surface area contributed by atoms with Crippen LogP contribution in [0, 0.1) is 17.8 Å². The zero-order valence-corrected chi connectivity index (χ0v) is 17.4. The van der Waals surface area contributed by atoms with E-state index in [1.807, 2.05) is 0 Å². The first-order chi connectivity index (χ1) is 13.0. The maximum Gasteiger partial charge on any atom is 0.414 e. The van der Waals surface area contributed by atoms with Gasteiger partial charge in [-0.3, -0.25) is 0 Å². The van der Waals surface area contributed by atoms with Gasteiger partial charge in [-0.1, -0.05) is 84.0 Å². The van der Waals surface area contributed by atoms with Gasteiger partial charge < -0.3 is 4.74 Å². The predicted octanol–water partition coefficient (Wildman–Crippen LogP) is 8.07. The molecule has 2 fully saturated rings. The van der Waals surface area contributed by atoms with Gasteiger partial charge in [-0.05, 0) is 43.4 Å². The highest BCUT2D eigenvalue weighted by Gasteiger charge is 2.40. The Bertz CT molecular complexity index is 368. The summed E-state index contributed by atoms with van der Waals surface area (Å²) in [4.78, 5) is 0. The molecule has 0 aromatic heterocycles. The van der Waals surface area contributed by atoms with Crippen molar-refractivity contribution in [2.75, 3.05) is 6.61 Å². The molecule has 2 saturated carbocycles. The van der Waals surface area contributed by atoms with Crippen molar-refractivity contribution in [1.29, 1.82) is 0 Å². The van der Waals surface area contributed by atoms with Crippen molar-refractivity contribution in [2.45, 2.75) is 122 Å². The maximum absolute atomic E-state index is 13.2. The number of alkyl halides is 3. The van der Waals surface area contributed by atoms with Gasteiger partial charge in [-0.2, -0.15) is 13.2 Å². The monoisotopic (exact) mass is 390 g/mol. The third-order valence-electron chi connectivity index (χ3n) is 6.97. The van der Waals surface area contributed by atoms with E-state index >= 15 is 0 Å². The standard InChI is InChI=1S/C23H41F3O/c1-2-3-4-8-18-27-22(23(24,25)26)13-9-10-19-14-16-21(17-15-19)20-11-6-5-7-12-20/h19-22H,2-18H2,1H3/t19-,21-,22?. The normalized spacial score (nSPS) is 26.2. The molecule has 0 aliphatic heterocycles. The van der Waals surface area contributed by atoms with Gasteiger partial charge in [0.2, 0.25) is 0 Å². The molecular formula is C23H41F3O. The summed E-state index contributed by atoms with van der Waals surface area (Å²) in [6, 6.07) is 0. The lowest BCUT2D eigenvalue weighted by atomic mass is 9.70. The zero-order chi connectivity index (χ0) is 19.5. The van der Waals surface area contributed by atoms with Crippen LogP contribution < -0.4 is 0 Å². The summed E-state index contributed by atoms with van der Waals surface area (Å²) in [5, 5.41) is 0. The van der Waals surface area contributed by atoms with Gasteiger partial charge in [0.25, 0.3) is 0 Å². The van der Waals surface area contributed by atoms with Crippen molar-refractivity contribution >= 4 is 0 Å². The number of hydrogen-bond donors (Lipinski definition) is 0. The molecule has 0 aromatic carbocycles. The second-order valence-electron chi connectivity index (χ2n) is 9.07. The molecule has 0 bridgehead atoms. The molecule has 2 aliphatic rings. The average Bonchev–Trinajstić information content (AvgIpc) is 2.67. The Morgan fingerprint density at radius 1 is 0.815 bits per heavy atom. The van der Waals surface area contributed by atoms with Crippen LogP contribution in [0.5, 0.6) is 0 Å². The molecule has 0 aromatic rings. The van der Waals surface area contributed by atoms with Crippen molar-refractivity contribution in [1.82, 2.24) is 0 Å². The Balaban J connectivity index is 1.61. The lowest BCUT2D eigenvalue weighted by Crippen LogP contribution is -2.32. The van der Waals surface area contributed by atoms with E-state index in [0.29, 0.717) is 12.3 Å². The van der Waals surface area contributed by atoms with Crippen LogP contribution in [-0.2, 0) is 4.74 Å². The van der Waals surface area contributed by atoms with Crippen molar-refractivity contribution in [2.24, 2.45) is 17.8 Å². The smallest absolute Gasteiger partial charge is 0.369 e. The van der Waals surface area contributed by atoms with Gasteiger partial charge in [-0.15, -0.1) is 0 Å². The zero-order valence-electron chi connectivity index (χ0n) is 17.4. The summed E-state index contributed by atoms with van der Waals surface area (Å²) in [6.07, 6.45) is 12.0. The molecule has 0 heterocycles. The van der Waals surface area contributed by atoms with E-state index in [0.717, 1.165) is 43.9 Å². The van der Waals surface area contributed by atoms with Gasteiger partial charge in [0.15, 0.2) is 6.10 Å². The third-order valence-corrected chi connectivity index (χ3v) is 6.97. The van der Waals surface area contributed by atoms with Gasteiger partial charge in [0, 0.05) is 6.61 Å². The van der Waals surface area contributed by atoms with E-state index in [1.54, 1.807) is 0 Å². The van der Waals surface area contributed by atoms with E-state index in [-0.39, 0.29) is 13.0 Å². The molecule has 160 valence electrons. The van der Waals surface area contributed by atoms with E-state index in [4.69, 9.17) is 4.74 Å². The number of rotatable bonds is 11. The van der Waals surface area contributed by atoms with Crippen LogP contribution >= 0.6 is 0 Å². The predicted molar refractivity (Wildman–Crippen MR) is 106 cm³/mol. The fourth-order valence-corrected chi connectivity index (χ4v) is 5.24. The molecule has 0 amide bonds. The molecule has 0 N–H and O–H groups in total. The minimum atomic E-state index is -4.22. The first-order valence-electron chi connectivity index (χ1n) is 11.7. The number of unbranched alkanes of at least 4 members (excludes halogenated alkanes) is 3. The summed E-state index contributed by atoms with van der Waals surface area (Å²) in [5.74, 6) is 2.48. The van der Waals surface area contributed by atoms with Crippen molar-refractivity contribution in [3.63, 3.8) is 0 Å². The van der Waals surface area contributed by atoms with Crippen LogP contribution in [0.4, 0.5) is 13.2 Å². The van der Waals surface area contributed by atoms with Crippen molar-refractivity contribution in [3.05, 3.63) is 0 Å². The summed E-state index contributed by atoms with van der Waals surface area (Å²) in [6.45, 7) is 2.35. The molecule has 27 heavy (non-hydrogen) atoms. The molecule has 1 nitrogen and oxygen atoms in total. The molecule has 4 heteroatoms. The van der Waals surface area contributed by atoms with Crippen LogP contribution in [-0.4, -0.2) is 18.9 Å². The largest absolute Gasteiger partial charge is 0.414 e. The van der Waals surface area contributed by atoms with E-state index in [1.165, 1.54) is 57.8 Å². The van der Waals surface area contributed by atoms with E-state index < -0.39 is 12.3 Å². The summed E-state index contributed by atoms with van der Waals surface area (Å²) >= 11 is 0. The fraction of sp³-hybridized carbons (Fsp3) is 1.00. The Labute approximate surface area is 164 Å².